The van der Waals surface area contributed by atoms with Gasteiger partial charge in [-0.1, -0.05) is 0 Å². The van der Waals surface area contributed by atoms with E-state index in [1.807, 2.05) is 14.0 Å². The lowest BCUT2D eigenvalue weighted by Crippen LogP contribution is -1.95. The van der Waals surface area contributed by atoms with Gasteiger partial charge in [-0.15, -0.1) is 0 Å². The Hall–Kier alpha value is -1.56. The summed E-state index contributed by atoms with van der Waals surface area (Å²) in [5.41, 5.74) is 2.85. The Labute approximate surface area is 100 Å². The number of H-pyrrole nitrogens is 1. The van der Waals surface area contributed by atoms with Gasteiger partial charge in [0, 0.05) is 12.6 Å². The van der Waals surface area contributed by atoms with E-state index in [-0.39, 0.29) is 5.69 Å². The van der Waals surface area contributed by atoms with Crippen molar-refractivity contribution in [3.8, 4) is 11.3 Å². The van der Waals surface area contributed by atoms with Crippen molar-refractivity contribution >= 4 is 21.9 Å². The number of nitrogens with zero attached hydrogens (tertiary/aromatic N) is 2. The Morgan fingerprint density at radius 1 is 1.62 bits per heavy atom. The first kappa shape index (κ1) is 10.9. The van der Waals surface area contributed by atoms with Gasteiger partial charge in [0.25, 0.3) is 0 Å². The molecule has 2 heterocycles. The molecule has 0 radical (unpaired) electrons. The van der Waals surface area contributed by atoms with E-state index in [1.165, 1.54) is 0 Å². The van der Waals surface area contributed by atoms with E-state index < -0.39 is 5.97 Å². The molecule has 0 bridgehead atoms. The normalized spacial score (nSPS) is 10.7. The van der Waals surface area contributed by atoms with E-state index >= 15 is 0 Å². The maximum atomic E-state index is 10.8. The molecule has 84 valence electrons. The minimum atomic E-state index is -0.980. The molecule has 0 aliphatic carbocycles. The lowest BCUT2D eigenvalue weighted by molar-refractivity contribution is 0.0691. The molecule has 2 N–H and O–H groups in total. The van der Waals surface area contributed by atoms with E-state index in [9.17, 15) is 4.79 Å². The topological polar surface area (TPSA) is 70.9 Å². The molecule has 5 nitrogen and oxygen atoms in total. The van der Waals surface area contributed by atoms with Crippen molar-refractivity contribution in [3.63, 3.8) is 0 Å². The predicted molar refractivity (Wildman–Crippen MR) is 62.4 cm³/mol. The summed E-state index contributed by atoms with van der Waals surface area (Å²) in [4.78, 5) is 13.6. The summed E-state index contributed by atoms with van der Waals surface area (Å²) >= 11 is 3.32. The van der Waals surface area contributed by atoms with Gasteiger partial charge in [0.1, 0.15) is 5.69 Å². The SMILES string of the molecule is Cc1cnn(C)c1-c1cc(C(=O)O)[nH]c1Br. The average molecular weight is 284 g/mol. The van der Waals surface area contributed by atoms with Crippen molar-refractivity contribution in [1.82, 2.24) is 14.8 Å². The largest absolute Gasteiger partial charge is 0.477 e. The van der Waals surface area contributed by atoms with Gasteiger partial charge in [-0.25, -0.2) is 4.79 Å². The Bertz CT molecular complexity index is 537. The molecular formula is C10H10BrN3O2. The lowest BCUT2D eigenvalue weighted by atomic mass is 10.1. The lowest BCUT2D eigenvalue weighted by Gasteiger charge is -2.01. The molecule has 2 rings (SSSR count). The van der Waals surface area contributed by atoms with Gasteiger partial charge in [-0.3, -0.25) is 4.68 Å². The highest BCUT2D eigenvalue weighted by Gasteiger charge is 2.16. The van der Waals surface area contributed by atoms with E-state index in [4.69, 9.17) is 5.11 Å². The first-order chi connectivity index (χ1) is 7.50. The summed E-state index contributed by atoms with van der Waals surface area (Å²) in [5, 5.41) is 13.0. The number of carboxylic acids is 1. The molecule has 0 saturated carbocycles. The van der Waals surface area contributed by atoms with Crippen molar-refractivity contribution in [2.45, 2.75) is 6.92 Å². The fourth-order valence-electron chi connectivity index (χ4n) is 1.65. The molecule has 0 aromatic carbocycles. The number of halogens is 1. The summed E-state index contributed by atoms with van der Waals surface area (Å²) in [7, 11) is 1.82. The van der Waals surface area contributed by atoms with Crippen LogP contribution < -0.4 is 0 Å². The van der Waals surface area contributed by atoms with Crippen molar-refractivity contribution in [2.24, 2.45) is 7.05 Å². The van der Waals surface area contributed by atoms with Crippen LogP contribution in [0.15, 0.2) is 16.9 Å². The smallest absolute Gasteiger partial charge is 0.352 e. The van der Waals surface area contributed by atoms with Crippen molar-refractivity contribution in [2.75, 3.05) is 0 Å². The van der Waals surface area contributed by atoms with E-state index in [0.717, 1.165) is 16.8 Å². The number of hydrogen-bond acceptors (Lipinski definition) is 2. The van der Waals surface area contributed by atoms with Crippen molar-refractivity contribution in [1.29, 1.82) is 0 Å². The molecule has 0 saturated heterocycles. The summed E-state index contributed by atoms with van der Waals surface area (Å²) in [6.07, 6.45) is 1.75. The molecule has 16 heavy (non-hydrogen) atoms. The highest BCUT2D eigenvalue weighted by atomic mass is 79.9. The number of aromatic amines is 1. The van der Waals surface area contributed by atoms with E-state index in [1.54, 1.807) is 16.9 Å². The molecule has 0 fully saturated rings. The fourth-order valence-corrected chi connectivity index (χ4v) is 2.17. The minimum absolute atomic E-state index is 0.155. The second-order valence-electron chi connectivity index (χ2n) is 3.52. The standard InChI is InChI=1S/C10H10BrN3O2/c1-5-4-12-14(2)8(5)6-3-7(10(15)16)13-9(6)11/h3-4,13H,1-2H3,(H,15,16). The van der Waals surface area contributed by atoms with Crippen LogP contribution in [0.2, 0.25) is 0 Å². The van der Waals surface area contributed by atoms with Crippen LogP contribution in [0.3, 0.4) is 0 Å². The quantitative estimate of drug-likeness (QED) is 0.888. The Morgan fingerprint density at radius 3 is 2.75 bits per heavy atom. The number of aryl methyl sites for hydroxylation is 2. The van der Waals surface area contributed by atoms with Crippen LogP contribution in [0.4, 0.5) is 0 Å². The Balaban J connectivity index is 2.61. The van der Waals surface area contributed by atoms with Crippen LogP contribution in [0.1, 0.15) is 16.1 Å². The third-order valence-electron chi connectivity index (χ3n) is 2.38. The second kappa shape index (κ2) is 3.79. The van der Waals surface area contributed by atoms with Gasteiger partial charge in [0.05, 0.1) is 16.5 Å². The average Bonchev–Trinajstić information content (AvgIpc) is 2.71. The zero-order chi connectivity index (χ0) is 11.9. The first-order valence-electron chi connectivity index (χ1n) is 4.61. The van der Waals surface area contributed by atoms with Crippen LogP contribution in [0.25, 0.3) is 11.3 Å². The van der Waals surface area contributed by atoms with Gasteiger partial charge >= 0.3 is 5.97 Å². The van der Waals surface area contributed by atoms with E-state index in [0.29, 0.717) is 4.60 Å². The van der Waals surface area contributed by atoms with Crippen molar-refractivity contribution < 1.29 is 9.90 Å². The first-order valence-corrected chi connectivity index (χ1v) is 5.40. The number of aromatic nitrogens is 3. The zero-order valence-electron chi connectivity index (χ0n) is 8.78. The number of rotatable bonds is 2. The Kier molecular flexibility index (Phi) is 2.59. The molecule has 0 atom stereocenters. The van der Waals surface area contributed by atoms with Gasteiger partial charge in [0.2, 0.25) is 0 Å². The third kappa shape index (κ3) is 1.65. The van der Waals surface area contributed by atoms with Gasteiger partial charge in [-0.05, 0) is 34.5 Å². The maximum absolute atomic E-state index is 10.8. The molecule has 0 spiro atoms. The molecule has 6 heteroatoms. The number of nitrogens with one attached hydrogen (secondary N) is 1. The molecule has 0 aliphatic rings. The van der Waals surface area contributed by atoms with Crippen LogP contribution in [-0.2, 0) is 7.05 Å². The number of aromatic carboxylic acids is 1. The molecule has 2 aromatic heterocycles. The minimum Gasteiger partial charge on any atom is -0.477 e. The molecule has 2 aromatic rings. The number of carboxylic acid groups (broad SMARTS) is 1. The zero-order valence-corrected chi connectivity index (χ0v) is 10.4. The summed E-state index contributed by atoms with van der Waals surface area (Å²) in [5.74, 6) is -0.980. The maximum Gasteiger partial charge on any atom is 0.352 e. The van der Waals surface area contributed by atoms with Crippen LogP contribution in [0, 0.1) is 6.92 Å². The summed E-state index contributed by atoms with van der Waals surface area (Å²) in [6.45, 7) is 1.93. The van der Waals surface area contributed by atoms with Crippen molar-refractivity contribution in [3.05, 3.63) is 28.1 Å². The van der Waals surface area contributed by atoms with Gasteiger partial charge in [0.15, 0.2) is 0 Å². The highest BCUT2D eigenvalue weighted by Crippen LogP contribution is 2.30. The number of hydrogen-bond donors (Lipinski definition) is 2. The predicted octanol–water partition coefficient (Wildman–Crippen LogP) is 2.18. The fraction of sp³-hybridized carbons (Fsp3) is 0.200. The van der Waals surface area contributed by atoms with Crippen LogP contribution >= 0.6 is 15.9 Å². The molecule has 0 amide bonds. The van der Waals surface area contributed by atoms with Crippen LogP contribution in [-0.4, -0.2) is 25.8 Å². The molecular weight excluding hydrogens is 274 g/mol. The summed E-state index contributed by atoms with van der Waals surface area (Å²) < 4.78 is 2.37. The second-order valence-corrected chi connectivity index (χ2v) is 4.31. The Morgan fingerprint density at radius 2 is 2.31 bits per heavy atom. The third-order valence-corrected chi connectivity index (χ3v) is 3.00. The van der Waals surface area contributed by atoms with Gasteiger partial charge < -0.3 is 10.1 Å². The van der Waals surface area contributed by atoms with E-state index in [2.05, 4.69) is 26.0 Å². The number of carbonyl (C=O) groups is 1. The van der Waals surface area contributed by atoms with Gasteiger partial charge in [-0.2, -0.15) is 5.10 Å². The highest BCUT2D eigenvalue weighted by molar-refractivity contribution is 9.10. The molecule has 0 unspecified atom stereocenters. The molecule has 0 aliphatic heterocycles. The van der Waals surface area contributed by atoms with Crippen LogP contribution in [0.5, 0.6) is 0 Å². The monoisotopic (exact) mass is 283 g/mol. The summed E-state index contributed by atoms with van der Waals surface area (Å²) in [6, 6.07) is 1.59.